The Hall–Kier alpha value is -4.36. The summed E-state index contributed by atoms with van der Waals surface area (Å²) in [6, 6.07) is 27.1. The largest absolute Gasteiger partial charge is 0.326 e. The lowest BCUT2D eigenvalue weighted by atomic mass is 9.92. The van der Waals surface area contributed by atoms with Crippen LogP contribution >= 0.6 is 74.4 Å². The highest BCUT2D eigenvalue weighted by molar-refractivity contribution is 6.07. The van der Waals surface area contributed by atoms with Gasteiger partial charge in [-0.05, 0) is 98.9 Å². The minimum Gasteiger partial charge on any atom is -0.326 e. The Labute approximate surface area is 415 Å². The molecular weight excluding hydrogens is 933 g/mol. The van der Waals surface area contributed by atoms with Gasteiger partial charge in [0.2, 0.25) is 0 Å². The van der Waals surface area contributed by atoms with E-state index in [1.807, 2.05) is 13.8 Å². The van der Waals surface area contributed by atoms with E-state index in [0.29, 0.717) is 47.7 Å². The van der Waals surface area contributed by atoms with Crippen LogP contribution in [0, 0.1) is 39.5 Å². The number of pyridine rings is 4. The number of amides is 2. The van der Waals surface area contributed by atoms with Gasteiger partial charge in [-0.15, -0.1) is 74.4 Å². The van der Waals surface area contributed by atoms with Crippen LogP contribution in [0.25, 0.3) is 22.3 Å². The number of rotatable bonds is 12. The van der Waals surface area contributed by atoms with Crippen molar-refractivity contribution in [3.8, 4) is 22.3 Å². The first-order chi connectivity index (χ1) is 27.8. The van der Waals surface area contributed by atoms with E-state index in [0.717, 1.165) is 69.0 Å². The van der Waals surface area contributed by atoms with Crippen LogP contribution in [0.15, 0.2) is 97.3 Å². The highest BCUT2D eigenvalue weighted by Crippen LogP contribution is 2.38. The molecule has 0 saturated carbocycles. The van der Waals surface area contributed by atoms with Crippen LogP contribution in [-0.2, 0) is 25.9 Å². The van der Waals surface area contributed by atoms with Gasteiger partial charge in [-0.25, -0.2) is 0 Å². The van der Waals surface area contributed by atoms with E-state index in [4.69, 9.17) is 21.4 Å². The maximum absolute atomic E-state index is 12.8. The molecule has 6 rings (SSSR count). The van der Waals surface area contributed by atoms with E-state index in [-0.39, 0.29) is 86.3 Å². The van der Waals surface area contributed by atoms with Crippen molar-refractivity contribution < 1.29 is 9.59 Å². The van der Waals surface area contributed by atoms with Gasteiger partial charge in [0.15, 0.2) is 0 Å². The second-order valence-corrected chi connectivity index (χ2v) is 15.4. The van der Waals surface area contributed by atoms with Gasteiger partial charge in [0.1, 0.15) is 11.4 Å². The molecule has 0 aliphatic carbocycles. The summed E-state index contributed by atoms with van der Waals surface area (Å²) >= 11 is 0. The molecule has 0 radical (unpaired) electrons. The number of hydrogen-bond donors (Lipinski definition) is 4. The number of carbonyl (C=O) groups excluding carboxylic acids is 2. The number of aryl methyl sites for hydroxylation is 4. The molecule has 0 spiro atoms. The van der Waals surface area contributed by atoms with Gasteiger partial charge in [0, 0.05) is 48.0 Å². The molecule has 0 aliphatic heterocycles. The molecule has 64 heavy (non-hydrogen) atoms. The number of nitrogens with one attached hydrogen (secondary N) is 2. The first-order valence-corrected chi connectivity index (χ1v) is 19.8. The SMILES string of the molecule is Cc1ccc(-c2c(CN)c(CC(C)C)nc(C)c2NC(=O)c2ccccn2)cc1.Cc1ccc(-c2c(CN)c(CC(C)C)nc(C)c2NC(=O)c2ccccn2)cc1.Cl.Cl.Cl.Cl.Cl.Cl. The van der Waals surface area contributed by atoms with Crippen LogP contribution in [0.4, 0.5) is 11.4 Å². The molecule has 16 heteroatoms. The van der Waals surface area contributed by atoms with E-state index >= 15 is 0 Å². The summed E-state index contributed by atoms with van der Waals surface area (Å²) in [7, 11) is 0. The van der Waals surface area contributed by atoms with Crippen molar-refractivity contribution in [2.75, 3.05) is 10.6 Å². The van der Waals surface area contributed by atoms with E-state index < -0.39 is 0 Å². The Morgan fingerprint density at radius 1 is 0.516 bits per heavy atom. The second kappa shape index (κ2) is 29.2. The fourth-order valence-electron chi connectivity index (χ4n) is 6.89. The summed E-state index contributed by atoms with van der Waals surface area (Å²) in [5.41, 5.74) is 26.3. The molecule has 10 nitrogen and oxygen atoms in total. The van der Waals surface area contributed by atoms with Gasteiger partial charge < -0.3 is 22.1 Å². The molecule has 4 heterocycles. The Balaban J connectivity index is 0. The van der Waals surface area contributed by atoms with Gasteiger partial charge in [-0.1, -0.05) is 99.5 Å². The third-order valence-electron chi connectivity index (χ3n) is 9.69. The number of benzene rings is 2. The standard InChI is InChI=1S/2C24H28N4O.6ClH/c2*1-15(2)13-21-19(14-25)22(18-10-8-16(3)9-11-18)23(17(4)27-21)28-24(29)20-7-5-6-12-26-20;;;;;;/h2*5-12,15H,13-14,25H2,1-4H3,(H,28,29);6*1H. The summed E-state index contributed by atoms with van der Waals surface area (Å²) in [5, 5.41) is 6.09. The van der Waals surface area contributed by atoms with Crippen LogP contribution in [0.2, 0.25) is 0 Å². The second-order valence-electron chi connectivity index (χ2n) is 15.4. The molecule has 2 amide bonds. The third-order valence-corrected chi connectivity index (χ3v) is 9.69. The molecule has 6 N–H and O–H groups in total. The Morgan fingerprint density at radius 3 is 1.11 bits per heavy atom. The van der Waals surface area contributed by atoms with Gasteiger partial charge in [-0.3, -0.25) is 29.5 Å². The molecule has 0 aliphatic rings. The van der Waals surface area contributed by atoms with Crippen LogP contribution < -0.4 is 22.1 Å². The molecular formula is C48H62Cl6N8O2. The molecule has 0 saturated heterocycles. The molecule has 0 unspecified atom stereocenters. The lowest BCUT2D eigenvalue weighted by Crippen LogP contribution is -2.18. The fourth-order valence-corrected chi connectivity index (χ4v) is 6.89. The Kier molecular flexibility index (Phi) is 28.2. The average Bonchev–Trinajstić information content (AvgIpc) is 3.20. The normalized spacial score (nSPS) is 9.94. The summed E-state index contributed by atoms with van der Waals surface area (Å²) in [6.07, 6.45) is 4.89. The molecule has 348 valence electrons. The van der Waals surface area contributed by atoms with E-state index in [1.54, 1.807) is 48.8 Å². The number of hydrogen-bond acceptors (Lipinski definition) is 8. The molecule has 0 atom stereocenters. The smallest absolute Gasteiger partial charge is 0.274 e. The number of anilines is 2. The predicted octanol–water partition coefficient (Wildman–Crippen LogP) is 11.9. The average molecular weight is 996 g/mol. The minimum absolute atomic E-state index is 0. The summed E-state index contributed by atoms with van der Waals surface area (Å²) in [5.74, 6) is 0.381. The van der Waals surface area contributed by atoms with Gasteiger partial charge in [-0.2, -0.15) is 0 Å². The summed E-state index contributed by atoms with van der Waals surface area (Å²) < 4.78 is 0. The van der Waals surface area contributed by atoms with Crippen molar-refractivity contribution in [3.05, 3.63) is 154 Å². The van der Waals surface area contributed by atoms with Crippen molar-refractivity contribution in [1.29, 1.82) is 0 Å². The fraction of sp³-hybridized carbons (Fsp3) is 0.292. The molecule has 2 aromatic carbocycles. The topological polar surface area (TPSA) is 162 Å². The number of halogens is 6. The zero-order chi connectivity index (χ0) is 41.9. The number of nitrogens with zero attached hydrogens (tertiary/aromatic N) is 4. The maximum Gasteiger partial charge on any atom is 0.274 e. The monoisotopic (exact) mass is 992 g/mol. The van der Waals surface area contributed by atoms with Crippen LogP contribution in [0.5, 0.6) is 0 Å². The summed E-state index contributed by atoms with van der Waals surface area (Å²) in [4.78, 5) is 43.6. The third kappa shape index (κ3) is 16.0. The molecule has 6 aromatic rings. The van der Waals surface area contributed by atoms with Crippen LogP contribution in [0.1, 0.15) is 93.7 Å². The predicted molar refractivity (Wildman–Crippen MR) is 279 cm³/mol. The van der Waals surface area contributed by atoms with Gasteiger partial charge >= 0.3 is 0 Å². The highest BCUT2D eigenvalue weighted by atomic mass is 35.5. The molecule has 4 aromatic heterocycles. The number of aromatic nitrogens is 4. The quantitative estimate of drug-likeness (QED) is 0.0942. The van der Waals surface area contributed by atoms with Crippen LogP contribution in [0.3, 0.4) is 0 Å². The van der Waals surface area contributed by atoms with Gasteiger partial charge in [0.25, 0.3) is 11.8 Å². The Bertz CT molecular complexity index is 2190. The van der Waals surface area contributed by atoms with Crippen molar-refractivity contribution in [3.63, 3.8) is 0 Å². The van der Waals surface area contributed by atoms with Crippen molar-refractivity contribution >= 4 is 97.6 Å². The zero-order valence-corrected chi connectivity index (χ0v) is 42.3. The zero-order valence-electron chi connectivity index (χ0n) is 37.4. The summed E-state index contributed by atoms with van der Waals surface area (Å²) in [6.45, 7) is 17.3. The number of carbonyl (C=O) groups is 2. The first-order valence-electron chi connectivity index (χ1n) is 19.8. The van der Waals surface area contributed by atoms with E-state index in [1.165, 1.54) is 11.1 Å². The molecule has 0 fully saturated rings. The van der Waals surface area contributed by atoms with Crippen LogP contribution in [-0.4, -0.2) is 31.8 Å². The van der Waals surface area contributed by atoms with Crippen molar-refractivity contribution in [2.24, 2.45) is 23.3 Å². The number of nitrogens with two attached hydrogens (primary N) is 2. The lowest BCUT2D eigenvalue weighted by molar-refractivity contribution is 0.101. The highest BCUT2D eigenvalue weighted by Gasteiger charge is 2.23. The van der Waals surface area contributed by atoms with Crippen molar-refractivity contribution in [2.45, 2.75) is 81.3 Å². The lowest BCUT2D eigenvalue weighted by Gasteiger charge is -2.21. The Morgan fingerprint density at radius 2 is 0.844 bits per heavy atom. The maximum atomic E-state index is 12.8. The van der Waals surface area contributed by atoms with E-state index in [2.05, 4.69) is 111 Å². The van der Waals surface area contributed by atoms with Gasteiger partial charge in [0.05, 0.1) is 22.8 Å². The van der Waals surface area contributed by atoms with E-state index in [9.17, 15) is 9.59 Å². The molecule has 0 bridgehead atoms. The first kappa shape index (κ1) is 61.7. The van der Waals surface area contributed by atoms with Crippen molar-refractivity contribution in [1.82, 2.24) is 19.9 Å². The minimum atomic E-state index is -0.261.